The van der Waals surface area contributed by atoms with Crippen molar-refractivity contribution < 1.29 is 23.1 Å². The number of amides is 3. The number of piperidine rings is 1. The maximum Gasteiger partial charge on any atom is 0.320 e. The highest BCUT2D eigenvalue weighted by Crippen LogP contribution is 2.53. The van der Waals surface area contributed by atoms with E-state index in [4.69, 9.17) is 4.74 Å². The summed E-state index contributed by atoms with van der Waals surface area (Å²) in [6.45, 7) is 2.72. The van der Waals surface area contributed by atoms with Gasteiger partial charge in [-0.05, 0) is 43.2 Å². The first kappa shape index (κ1) is 18.8. The number of rotatable bonds is 2. The number of nitrogens with zero attached hydrogens (tertiary/aromatic N) is 2. The third-order valence-corrected chi connectivity index (χ3v) is 6.88. The van der Waals surface area contributed by atoms with Crippen molar-refractivity contribution in [1.82, 2.24) is 15.1 Å². The number of hydrogen-bond acceptors (Lipinski definition) is 3. The highest BCUT2D eigenvalue weighted by atomic mass is 19.1. The van der Waals surface area contributed by atoms with E-state index in [0.717, 1.165) is 38.4 Å². The molecule has 0 unspecified atom stereocenters. The van der Waals surface area contributed by atoms with E-state index >= 15 is 0 Å². The van der Waals surface area contributed by atoms with Gasteiger partial charge in [0.15, 0.2) is 0 Å². The van der Waals surface area contributed by atoms with Crippen molar-refractivity contribution in [2.45, 2.75) is 37.8 Å². The highest BCUT2D eigenvalue weighted by Gasteiger charge is 2.54. The van der Waals surface area contributed by atoms with Gasteiger partial charge in [-0.3, -0.25) is 4.79 Å². The van der Waals surface area contributed by atoms with Crippen LogP contribution in [0, 0.1) is 23.0 Å². The van der Waals surface area contributed by atoms with Gasteiger partial charge < -0.3 is 19.9 Å². The van der Waals surface area contributed by atoms with Crippen LogP contribution in [0.25, 0.3) is 0 Å². The summed E-state index contributed by atoms with van der Waals surface area (Å²) in [6, 6.07) is 3.68. The quantitative estimate of drug-likeness (QED) is 0.818. The Bertz CT molecular complexity index is 834. The van der Waals surface area contributed by atoms with E-state index in [-0.39, 0.29) is 36.1 Å². The largest absolute Gasteiger partial charge is 0.366 e. The molecule has 6 nitrogen and oxygen atoms in total. The van der Waals surface area contributed by atoms with Crippen LogP contribution in [0.1, 0.15) is 24.8 Å². The van der Waals surface area contributed by atoms with E-state index < -0.39 is 11.6 Å². The zero-order valence-electron chi connectivity index (χ0n) is 16.2. The van der Waals surface area contributed by atoms with Crippen molar-refractivity contribution >= 4 is 11.9 Å². The number of carbonyl (C=O) groups is 2. The number of ether oxygens (including phenoxy) is 1. The number of urea groups is 1. The zero-order valence-corrected chi connectivity index (χ0v) is 16.2. The minimum absolute atomic E-state index is 0.00118. The highest BCUT2D eigenvalue weighted by molar-refractivity contribution is 5.79. The molecule has 5 rings (SSSR count). The van der Waals surface area contributed by atoms with Crippen LogP contribution in [0.4, 0.5) is 13.6 Å². The SMILES string of the molecule is O=C1CO[C@H]2CCN(C(=O)N3CC4(CC(Cc5ccc(F)cc5F)C4)C3)C[C@H]2N1. The lowest BCUT2D eigenvalue weighted by molar-refractivity contribution is -0.140. The third kappa shape index (κ3) is 3.47. The Labute approximate surface area is 168 Å². The van der Waals surface area contributed by atoms with Crippen LogP contribution in [-0.4, -0.2) is 66.7 Å². The van der Waals surface area contributed by atoms with E-state index in [2.05, 4.69) is 5.32 Å². The Morgan fingerprint density at radius 2 is 2.03 bits per heavy atom. The number of fused-ring (bicyclic) bond motifs is 1. The van der Waals surface area contributed by atoms with Crippen molar-refractivity contribution in [2.75, 3.05) is 32.8 Å². The zero-order chi connectivity index (χ0) is 20.2. The average Bonchev–Trinajstić information content (AvgIpc) is 2.63. The van der Waals surface area contributed by atoms with E-state index in [9.17, 15) is 18.4 Å². The molecule has 29 heavy (non-hydrogen) atoms. The second kappa shape index (κ2) is 6.93. The molecule has 2 atom stereocenters. The standard InChI is InChI=1S/C21H25F2N3O3/c22-15-2-1-14(16(23)6-15)5-13-7-21(8-13)11-26(12-21)20(28)25-4-3-18-17(9-25)24-19(27)10-29-18/h1-2,6,13,17-18H,3-5,7-12H2,(H,24,27)/t17-,18+/m1/s1. The van der Waals surface area contributed by atoms with Crippen molar-refractivity contribution in [2.24, 2.45) is 11.3 Å². The predicted molar refractivity (Wildman–Crippen MR) is 100 cm³/mol. The van der Waals surface area contributed by atoms with E-state index in [0.29, 0.717) is 31.0 Å². The fraction of sp³-hybridized carbons (Fsp3) is 0.619. The summed E-state index contributed by atoms with van der Waals surface area (Å²) in [6.07, 6.45) is 3.31. The molecule has 4 aliphatic rings. The summed E-state index contributed by atoms with van der Waals surface area (Å²) >= 11 is 0. The fourth-order valence-corrected chi connectivity index (χ4v) is 5.54. The van der Waals surface area contributed by atoms with Crippen molar-refractivity contribution in [3.8, 4) is 0 Å². The van der Waals surface area contributed by atoms with Gasteiger partial charge in [0, 0.05) is 37.7 Å². The minimum atomic E-state index is -0.548. The molecule has 0 bridgehead atoms. The molecule has 1 spiro atoms. The molecule has 3 amide bonds. The van der Waals surface area contributed by atoms with E-state index in [1.807, 2.05) is 9.80 Å². The first-order valence-corrected chi connectivity index (χ1v) is 10.3. The maximum absolute atomic E-state index is 13.8. The first-order valence-electron chi connectivity index (χ1n) is 10.3. The lowest BCUT2D eigenvalue weighted by Crippen LogP contribution is -2.68. The molecular weight excluding hydrogens is 380 g/mol. The van der Waals surface area contributed by atoms with Crippen LogP contribution in [-0.2, 0) is 16.0 Å². The van der Waals surface area contributed by atoms with Gasteiger partial charge in [-0.1, -0.05) is 6.07 Å². The molecule has 8 heteroatoms. The number of nitrogens with one attached hydrogen (secondary N) is 1. The van der Waals surface area contributed by atoms with Gasteiger partial charge in [0.1, 0.15) is 18.2 Å². The molecule has 3 saturated heterocycles. The number of likely N-dealkylation sites (tertiary alicyclic amines) is 2. The second-order valence-electron chi connectivity index (χ2n) is 9.11. The normalized spacial score (nSPS) is 28.4. The van der Waals surface area contributed by atoms with Crippen LogP contribution in [0.3, 0.4) is 0 Å². The molecule has 1 N–H and O–H groups in total. The molecule has 1 aromatic rings. The molecule has 1 saturated carbocycles. The Hall–Kier alpha value is -2.22. The average molecular weight is 405 g/mol. The van der Waals surface area contributed by atoms with Gasteiger partial charge in [-0.2, -0.15) is 0 Å². The summed E-state index contributed by atoms with van der Waals surface area (Å²) in [5, 5.41) is 2.92. The monoisotopic (exact) mass is 405 g/mol. The summed E-state index contributed by atoms with van der Waals surface area (Å²) in [5.41, 5.74) is 0.732. The van der Waals surface area contributed by atoms with Crippen molar-refractivity contribution in [3.05, 3.63) is 35.4 Å². The van der Waals surface area contributed by atoms with Crippen molar-refractivity contribution in [1.29, 1.82) is 0 Å². The van der Waals surface area contributed by atoms with Gasteiger partial charge in [0.2, 0.25) is 5.91 Å². The van der Waals surface area contributed by atoms with Crippen molar-refractivity contribution in [3.63, 3.8) is 0 Å². The Morgan fingerprint density at radius 3 is 2.79 bits per heavy atom. The molecule has 4 fully saturated rings. The fourth-order valence-electron chi connectivity index (χ4n) is 5.54. The van der Waals surface area contributed by atoms with Gasteiger partial charge in [0.05, 0.1) is 12.1 Å². The van der Waals surface area contributed by atoms with Gasteiger partial charge >= 0.3 is 6.03 Å². The topological polar surface area (TPSA) is 61.9 Å². The number of halogens is 2. The summed E-state index contributed by atoms with van der Waals surface area (Å²) < 4.78 is 32.4. The van der Waals surface area contributed by atoms with Crippen LogP contribution >= 0.6 is 0 Å². The molecule has 3 heterocycles. The maximum atomic E-state index is 13.8. The van der Waals surface area contributed by atoms with Gasteiger partial charge in [-0.15, -0.1) is 0 Å². The number of benzene rings is 1. The number of carbonyl (C=O) groups excluding carboxylic acids is 2. The van der Waals surface area contributed by atoms with E-state index in [1.165, 1.54) is 12.1 Å². The minimum Gasteiger partial charge on any atom is -0.366 e. The van der Waals surface area contributed by atoms with Crippen LogP contribution in [0.15, 0.2) is 18.2 Å². The molecule has 1 aromatic carbocycles. The Morgan fingerprint density at radius 1 is 1.24 bits per heavy atom. The number of morpholine rings is 1. The smallest absolute Gasteiger partial charge is 0.320 e. The van der Waals surface area contributed by atoms with Crippen LogP contribution in [0.2, 0.25) is 0 Å². The second-order valence-corrected chi connectivity index (χ2v) is 9.11. The Balaban J connectivity index is 1.10. The van der Waals surface area contributed by atoms with Crippen LogP contribution in [0.5, 0.6) is 0 Å². The Kier molecular flexibility index (Phi) is 4.49. The summed E-state index contributed by atoms with van der Waals surface area (Å²) in [7, 11) is 0. The first-order chi connectivity index (χ1) is 13.9. The summed E-state index contributed by atoms with van der Waals surface area (Å²) in [4.78, 5) is 28.0. The summed E-state index contributed by atoms with van der Waals surface area (Å²) in [5.74, 6) is -0.759. The van der Waals surface area contributed by atoms with Crippen LogP contribution < -0.4 is 5.32 Å². The van der Waals surface area contributed by atoms with E-state index in [1.54, 1.807) is 0 Å². The van der Waals surface area contributed by atoms with Gasteiger partial charge in [-0.25, -0.2) is 13.6 Å². The molecule has 1 aliphatic carbocycles. The molecular formula is C21H25F2N3O3. The molecule has 156 valence electrons. The molecule has 3 aliphatic heterocycles. The third-order valence-electron chi connectivity index (χ3n) is 6.88. The lowest BCUT2D eigenvalue weighted by atomic mass is 9.56. The predicted octanol–water partition coefficient (Wildman–Crippen LogP) is 1.93. The van der Waals surface area contributed by atoms with Gasteiger partial charge in [0.25, 0.3) is 0 Å². The molecule has 0 radical (unpaired) electrons. The lowest BCUT2D eigenvalue weighted by Gasteiger charge is -2.60. The molecule has 0 aromatic heterocycles. The number of hydrogen-bond donors (Lipinski definition) is 1.